The van der Waals surface area contributed by atoms with Crippen molar-refractivity contribution in [3.05, 3.63) is 24.3 Å². The standard InChI is InChI=1S/C15H25NO2/c1-4-16-12-6-7-13(3)18-15-10-8-14(9-11-15)17-5-2/h8-11,13,16H,4-7,12H2,1-3H3. The summed E-state index contributed by atoms with van der Waals surface area (Å²) >= 11 is 0. The Hall–Kier alpha value is -1.22. The van der Waals surface area contributed by atoms with Crippen LogP contribution in [0.3, 0.4) is 0 Å². The SMILES string of the molecule is CCNCCCC(C)Oc1ccc(OCC)cc1. The summed E-state index contributed by atoms with van der Waals surface area (Å²) in [6, 6.07) is 7.83. The number of hydrogen-bond acceptors (Lipinski definition) is 3. The van der Waals surface area contributed by atoms with E-state index in [0.717, 1.165) is 37.4 Å². The molecule has 1 aromatic rings. The second-order valence-electron chi connectivity index (χ2n) is 4.33. The third-order valence-corrected chi connectivity index (χ3v) is 2.69. The first-order valence-electron chi connectivity index (χ1n) is 6.86. The molecule has 1 unspecified atom stereocenters. The monoisotopic (exact) mass is 251 g/mol. The average Bonchev–Trinajstić information content (AvgIpc) is 2.37. The highest BCUT2D eigenvalue weighted by Gasteiger charge is 2.03. The summed E-state index contributed by atoms with van der Waals surface area (Å²) in [6.07, 6.45) is 2.47. The minimum absolute atomic E-state index is 0.251. The molecule has 1 atom stereocenters. The largest absolute Gasteiger partial charge is 0.494 e. The molecule has 0 radical (unpaired) electrons. The molecule has 0 aliphatic rings. The lowest BCUT2D eigenvalue weighted by molar-refractivity contribution is 0.207. The summed E-state index contributed by atoms with van der Waals surface area (Å²) in [4.78, 5) is 0. The smallest absolute Gasteiger partial charge is 0.119 e. The van der Waals surface area contributed by atoms with E-state index in [1.54, 1.807) is 0 Å². The van der Waals surface area contributed by atoms with Crippen molar-refractivity contribution in [3.63, 3.8) is 0 Å². The van der Waals surface area contributed by atoms with Gasteiger partial charge in [0.15, 0.2) is 0 Å². The first kappa shape index (κ1) is 14.8. The maximum Gasteiger partial charge on any atom is 0.119 e. The second-order valence-corrected chi connectivity index (χ2v) is 4.33. The van der Waals surface area contributed by atoms with E-state index in [1.165, 1.54) is 0 Å². The molecule has 0 amide bonds. The van der Waals surface area contributed by atoms with Crippen LogP contribution in [0.4, 0.5) is 0 Å². The van der Waals surface area contributed by atoms with Crippen molar-refractivity contribution in [1.29, 1.82) is 0 Å². The van der Waals surface area contributed by atoms with Gasteiger partial charge in [-0.25, -0.2) is 0 Å². The van der Waals surface area contributed by atoms with Crippen LogP contribution in [0.25, 0.3) is 0 Å². The average molecular weight is 251 g/mol. The molecule has 0 bridgehead atoms. The maximum atomic E-state index is 5.84. The number of ether oxygens (including phenoxy) is 2. The van der Waals surface area contributed by atoms with Gasteiger partial charge in [-0.15, -0.1) is 0 Å². The zero-order valence-electron chi connectivity index (χ0n) is 11.7. The van der Waals surface area contributed by atoms with E-state index in [-0.39, 0.29) is 6.10 Å². The fraction of sp³-hybridized carbons (Fsp3) is 0.600. The van der Waals surface area contributed by atoms with Gasteiger partial charge in [0, 0.05) is 0 Å². The van der Waals surface area contributed by atoms with Crippen molar-refractivity contribution < 1.29 is 9.47 Å². The highest BCUT2D eigenvalue weighted by molar-refractivity contribution is 5.31. The van der Waals surface area contributed by atoms with Gasteiger partial charge in [-0.3, -0.25) is 0 Å². The molecule has 0 spiro atoms. The molecule has 102 valence electrons. The second kappa shape index (κ2) is 8.81. The Morgan fingerprint density at radius 1 is 1.11 bits per heavy atom. The summed E-state index contributed by atoms with van der Waals surface area (Å²) in [5.74, 6) is 1.80. The van der Waals surface area contributed by atoms with E-state index in [2.05, 4.69) is 19.2 Å². The molecule has 0 saturated heterocycles. The van der Waals surface area contributed by atoms with Crippen LogP contribution in [0.1, 0.15) is 33.6 Å². The van der Waals surface area contributed by atoms with E-state index in [4.69, 9.17) is 9.47 Å². The molecule has 3 heteroatoms. The lowest BCUT2D eigenvalue weighted by Gasteiger charge is -2.15. The Morgan fingerprint density at radius 3 is 2.39 bits per heavy atom. The van der Waals surface area contributed by atoms with E-state index in [1.807, 2.05) is 31.2 Å². The molecular weight excluding hydrogens is 226 g/mol. The Balaban J connectivity index is 2.28. The summed E-state index contributed by atoms with van der Waals surface area (Å²) in [7, 11) is 0. The fourth-order valence-corrected chi connectivity index (χ4v) is 1.76. The topological polar surface area (TPSA) is 30.5 Å². The fourth-order valence-electron chi connectivity index (χ4n) is 1.76. The van der Waals surface area contributed by atoms with E-state index >= 15 is 0 Å². The van der Waals surface area contributed by atoms with E-state index < -0.39 is 0 Å². The van der Waals surface area contributed by atoms with Crippen molar-refractivity contribution in [2.45, 2.75) is 39.7 Å². The molecule has 1 N–H and O–H groups in total. The van der Waals surface area contributed by atoms with Gasteiger partial charge in [0.2, 0.25) is 0 Å². The molecule has 0 aliphatic carbocycles. The number of rotatable bonds is 9. The summed E-state index contributed by atoms with van der Waals surface area (Å²) in [5, 5.41) is 3.32. The maximum absolute atomic E-state index is 5.84. The molecule has 0 aliphatic heterocycles. The van der Waals surface area contributed by atoms with Crippen LogP contribution in [-0.2, 0) is 0 Å². The first-order valence-corrected chi connectivity index (χ1v) is 6.86. The molecule has 0 heterocycles. The van der Waals surface area contributed by atoms with Gasteiger partial charge in [-0.2, -0.15) is 0 Å². The summed E-state index contributed by atoms with van der Waals surface area (Å²) < 4.78 is 11.2. The first-order chi connectivity index (χ1) is 8.76. The predicted octanol–water partition coefficient (Wildman–Crippen LogP) is 3.24. The van der Waals surface area contributed by atoms with Crippen LogP contribution in [-0.4, -0.2) is 25.8 Å². The normalized spacial score (nSPS) is 12.2. The van der Waals surface area contributed by atoms with Gasteiger partial charge in [0.05, 0.1) is 12.7 Å². The summed E-state index contributed by atoms with van der Waals surface area (Å²) in [6.45, 7) is 9.02. The van der Waals surface area contributed by atoms with E-state index in [0.29, 0.717) is 6.61 Å². The van der Waals surface area contributed by atoms with Crippen molar-refractivity contribution in [2.75, 3.05) is 19.7 Å². The molecule has 0 saturated carbocycles. The number of benzene rings is 1. The van der Waals surface area contributed by atoms with E-state index in [9.17, 15) is 0 Å². The third kappa shape index (κ3) is 5.92. The van der Waals surface area contributed by atoms with Crippen LogP contribution in [0.5, 0.6) is 11.5 Å². The van der Waals surface area contributed by atoms with Crippen molar-refractivity contribution in [3.8, 4) is 11.5 Å². The van der Waals surface area contributed by atoms with Gasteiger partial charge in [-0.05, 0) is 64.0 Å². The van der Waals surface area contributed by atoms with Crippen molar-refractivity contribution >= 4 is 0 Å². The zero-order valence-corrected chi connectivity index (χ0v) is 11.7. The highest BCUT2D eigenvalue weighted by atomic mass is 16.5. The Morgan fingerprint density at radius 2 is 1.78 bits per heavy atom. The van der Waals surface area contributed by atoms with Crippen molar-refractivity contribution in [2.24, 2.45) is 0 Å². The van der Waals surface area contributed by atoms with Crippen LogP contribution in [0.15, 0.2) is 24.3 Å². The predicted molar refractivity (Wildman–Crippen MR) is 75.5 cm³/mol. The molecule has 0 fully saturated rings. The van der Waals surface area contributed by atoms with Crippen molar-refractivity contribution in [1.82, 2.24) is 5.32 Å². The molecule has 0 aromatic heterocycles. The van der Waals surface area contributed by atoms with Gasteiger partial charge in [0.1, 0.15) is 11.5 Å². The Kier molecular flexibility index (Phi) is 7.26. The van der Waals surface area contributed by atoms with Gasteiger partial charge in [0.25, 0.3) is 0 Å². The molecule has 1 rings (SSSR count). The molecule has 3 nitrogen and oxygen atoms in total. The molecule has 18 heavy (non-hydrogen) atoms. The Bertz CT molecular complexity index is 311. The van der Waals surface area contributed by atoms with Gasteiger partial charge >= 0.3 is 0 Å². The minimum Gasteiger partial charge on any atom is -0.494 e. The van der Waals surface area contributed by atoms with Gasteiger partial charge < -0.3 is 14.8 Å². The van der Waals surface area contributed by atoms with Gasteiger partial charge in [-0.1, -0.05) is 6.92 Å². The minimum atomic E-state index is 0.251. The molecular formula is C15H25NO2. The number of hydrogen-bond donors (Lipinski definition) is 1. The van der Waals surface area contributed by atoms with Crippen LogP contribution in [0, 0.1) is 0 Å². The third-order valence-electron chi connectivity index (χ3n) is 2.69. The number of nitrogens with one attached hydrogen (secondary N) is 1. The summed E-state index contributed by atoms with van der Waals surface area (Å²) in [5.41, 5.74) is 0. The lowest BCUT2D eigenvalue weighted by Crippen LogP contribution is -2.18. The van der Waals surface area contributed by atoms with Crippen LogP contribution >= 0.6 is 0 Å². The zero-order chi connectivity index (χ0) is 13.2. The van der Waals surface area contributed by atoms with Crippen LogP contribution < -0.4 is 14.8 Å². The molecule has 1 aromatic carbocycles. The quantitative estimate of drug-likeness (QED) is 0.683. The lowest BCUT2D eigenvalue weighted by atomic mass is 10.2. The van der Waals surface area contributed by atoms with Crippen LogP contribution in [0.2, 0.25) is 0 Å². The highest BCUT2D eigenvalue weighted by Crippen LogP contribution is 2.19. The Labute approximate surface area is 110 Å².